The molecule has 40 heavy (non-hydrogen) atoms. The number of pyridine rings is 1. The highest BCUT2D eigenvalue weighted by Crippen LogP contribution is 2.39. The van der Waals surface area contributed by atoms with Crippen LogP contribution in [0.3, 0.4) is 0 Å². The lowest BCUT2D eigenvalue weighted by Crippen LogP contribution is -2.53. The number of phosphoric ester groups is 1. The smallest absolute Gasteiger partial charge is 0.273 e. The number of benzene rings is 1. The Morgan fingerprint density at radius 3 is 2.45 bits per heavy atom. The second-order valence-corrected chi connectivity index (χ2v) is 9.02. The molecule has 0 aliphatic carbocycles. The van der Waals surface area contributed by atoms with Crippen LogP contribution in [0.4, 0.5) is 10.2 Å². The molecule has 1 amide bonds. The average Bonchev–Trinajstić information content (AvgIpc) is 2.97. The summed E-state index contributed by atoms with van der Waals surface area (Å²) in [6.07, 6.45) is -0.111. The van der Waals surface area contributed by atoms with Crippen LogP contribution in [-0.2, 0) is 26.7 Å². The van der Waals surface area contributed by atoms with Crippen molar-refractivity contribution in [1.82, 2.24) is 15.0 Å². The third kappa shape index (κ3) is 6.31. The number of halogens is 1. The van der Waals surface area contributed by atoms with Gasteiger partial charge >= 0.3 is 0 Å². The summed E-state index contributed by atoms with van der Waals surface area (Å²) < 4.78 is 131. The number of carbonyl (C=O) groups excluding carboxylic acids is 1. The average molecular weight is 587 g/mol. The molecule has 0 fully saturated rings. The molecule has 15 heteroatoms. The fraction of sp³-hybridized carbons (Fsp3) is 0.360. The second-order valence-electron chi connectivity index (χ2n) is 7.94. The van der Waals surface area contributed by atoms with Crippen LogP contribution in [-0.4, -0.2) is 54.5 Å². The van der Waals surface area contributed by atoms with E-state index in [1.165, 1.54) is 21.3 Å². The van der Waals surface area contributed by atoms with Gasteiger partial charge < -0.3 is 37.8 Å². The highest BCUT2D eigenvalue weighted by molar-refractivity contribution is 7.43. The number of amides is 1. The molecule has 1 aliphatic heterocycles. The van der Waals surface area contributed by atoms with E-state index >= 15 is 4.39 Å². The van der Waals surface area contributed by atoms with Crippen molar-refractivity contribution in [2.45, 2.75) is 32.1 Å². The van der Waals surface area contributed by atoms with Crippen molar-refractivity contribution < 1.29 is 60.7 Å². The standard InChI is InChI=1S/C25H28FN4O9P/c1-25(2)24(31)30(13-38-40(32,33)34)23-18(39-25)7-6-15(28-23)11-17-16(26)12-27-21(29-17)10-14-8-19(35-3)22(37-5)20(9-14)36-4/h6-9,12H,10-11,13H2,1-5H3,(H2,32,33,34)/p-2/i1D3,2D3,8D,9D,13D2. The lowest BCUT2D eigenvalue weighted by Gasteiger charge is -2.39. The summed E-state index contributed by atoms with van der Waals surface area (Å²) in [6.45, 7) is -11.7. The van der Waals surface area contributed by atoms with Crippen molar-refractivity contribution in [3.05, 3.63) is 59.0 Å². The van der Waals surface area contributed by atoms with Crippen molar-refractivity contribution in [1.29, 1.82) is 0 Å². The van der Waals surface area contributed by atoms with Gasteiger partial charge in [0.15, 0.2) is 34.5 Å². The van der Waals surface area contributed by atoms with E-state index in [9.17, 15) is 19.1 Å². The number of hydrogen-bond acceptors (Lipinski definition) is 12. The summed E-state index contributed by atoms with van der Waals surface area (Å²) >= 11 is 0. The topological polar surface area (TPSA) is 168 Å². The Kier molecular flexibility index (Phi) is 5.24. The molecule has 0 unspecified atom stereocenters. The molecule has 0 saturated carbocycles. The van der Waals surface area contributed by atoms with Gasteiger partial charge in [-0.25, -0.2) is 19.3 Å². The number of fused-ring (bicyclic) bond motifs is 1. The van der Waals surface area contributed by atoms with Crippen molar-refractivity contribution in [3.63, 3.8) is 0 Å². The summed E-state index contributed by atoms with van der Waals surface area (Å²) in [4.78, 5) is 48.1. The molecule has 13 nitrogen and oxygen atoms in total. The highest BCUT2D eigenvalue weighted by atomic mass is 31.2. The van der Waals surface area contributed by atoms with E-state index in [-0.39, 0.29) is 63.4 Å². The maximum atomic E-state index is 15.0. The molecule has 2 aromatic heterocycles. The second kappa shape index (κ2) is 11.3. The Morgan fingerprint density at radius 2 is 1.85 bits per heavy atom. The highest BCUT2D eigenvalue weighted by Gasteiger charge is 2.42. The number of methoxy groups -OCH3 is 3. The van der Waals surface area contributed by atoms with Crippen LogP contribution in [0.25, 0.3) is 0 Å². The number of carbonyl (C=O) groups is 1. The maximum Gasteiger partial charge on any atom is 0.273 e. The summed E-state index contributed by atoms with van der Waals surface area (Å²) in [6, 6.07) is 1.38. The summed E-state index contributed by atoms with van der Waals surface area (Å²) in [5, 5.41) is 0. The Labute approximate surface area is 243 Å². The van der Waals surface area contributed by atoms with Crippen molar-refractivity contribution >= 4 is 19.5 Å². The summed E-state index contributed by atoms with van der Waals surface area (Å²) in [5.41, 5.74) is -4.43. The predicted octanol–water partition coefficient (Wildman–Crippen LogP) is 1.52. The van der Waals surface area contributed by atoms with Gasteiger partial charge in [-0.3, -0.25) is 9.69 Å². The SMILES string of the molecule is [2H]c1c(Cc2ncc(F)c(Cc3ccc4c(n3)N(C([2H])([2H])OP(=O)([O-])[O-])C(=O)C(C([2H])([2H])[2H])(C([2H])([2H])[2H])O4)n2)c([2H])c(OC)c(OC)c1OC. The van der Waals surface area contributed by atoms with E-state index in [1.807, 2.05) is 0 Å². The van der Waals surface area contributed by atoms with Crippen molar-refractivity contribution in [2.24, 2.45) is 0 Å². The molecule has 3 aromatic rings. The Hall–Kier alpha value is -3.84. The maximum absolute atomic E-state index is 15.0. The Bertz CT molecular complexity index is 1830. The first-order valence-corrected chi connectivity index (χ1v) is 12.4. The van der Waals surface area contributed by atoms with Gasteiger partial charge in [0.2, 0.25) is 5.75 Å². The number of hydrogen-bond donors (Lipinski definition) is 0. The van der Waals surface area contributed by atoms with Gasteiger partial charge in [-0.1, -0.05) is 0 Å². The van der Waals surface area contributed by atoms with E-state index in [0.29, 0.717) is 0 Å². The van der Waals surface area contributed by atoms with E-state index in [0.717, 1.165) is 18.3 Å². The van der Waals surface area contributed by atoms with Crippen LogP contribution in [0.2, 0.25) is 0 Å². The minimum atomic E-state index is -6.28. The lowest BCUT2D eigenvalue weighted by atomic mass is 10.1. The molecule has 1 aliphatic rings. The number of anilines is 1. The first-order valence-electron chi connectivity index (χ1n) is 16.0. The van der Waals surface area contributed by atoms with Crippen molar-refractivity contribution in [2.75, 3.05) is 32.9 Å². The quantitative estimate of drug-likeness (QED) is 0.315. The zero-order valence-electron chi connectivity index (χ0n) is 30.9. The van der Waals surface area contributed by atoms with Crippen LogP contribution in [0.15, 0.2) is 30.4 Å². The van der Waals surface area contributed by atoms with Crippen LogP contribution in [0.5, 0.6) is 23.0 Å². The predicted molar refractivity (Wildman–Crippen MR) is 134 cm³/mol. The van der Waals surface area contributed by atoms with Gasteiger partial charge in [-0.05, 0) is 43.5 Å². The first kappa shape index (κ1) is 18.5. The normalized spacial score (nSPS) is 19.1. The number of phosphoric acid groups is 1. The monoisotopic (exact) mass is 586 g/mol. The van der Waals surface area contributed by atoms with E-state index in [2.05, 4.69) is 19.5 Å². The zero-order chi connectivity index (χ0) is 37.8. The molecule has 0 radical (unpaired) electrons. The van der Waals surface area contributed by atoms with Crippen molar-refractivity contribution in [3.8, 4) is 23.0 Å². The van der Waals surface area contributed by atoms with Gasteiger partial charge in [0.05, 0.1) is 46.5 Å². The van der Waals surface area contributed by atoms with Crippen LogP contribution >= 0.6 is 7.82 Å². The van der Waals surface area contributed by atoms with Crippen LogP contribution in [0, 0.1) is 5.82 Å². The third-order valence-electron chi connectivity index (χ3n) is 5.22. The molecule has 3 heterocycles. The molecular weight excluding hydrogens is 550 g/mol. The molecule has 1 aromatic carbocycles. The third-order valence-corrected chi connectivity index (χ3v) is 5.53. The molecule has 4 rings (SSSR count). The molecular formula is C25H26FN4O9P-2. The first-order chi connectivity index (χ1) is 22.9. The Balaban J connectivity index is 1.82. The molecule has 0 bridgehead atoms. The van der Waals surface area contributed by atoms with Crippen LogP contribution < -0.4 is 33.6 Å². The van der Waals surface area contributed by atoms with E-state index in [4.69, 9.17) is 32.7 Å². The largest absolute Gasteiger partial charge is 0.790 e. The number of nitrogens with zero attached hydrogens (tertiary/aromatic N) is 4. The van der Waals surface area contributed by atoms with Gasteiger partial charge in [-0.15, -0.1) is 0 Å². The van der Waals surface area contributed by atoms with E-state index < -0.39 is 63.5 Å². The van der Waals surface area contributed by atoms with Gasteiger partial charge in [-0.2, -0.15) is 0 Å². The molecule has 0 saturated heterocycles. The molecule has 0 spiro atoms. The summed E-state index contributed by atoms with van der Waals surface area (Å²) in [7, 11) is -2.46. The molecule has 0 atom stereocenters. The van der Waals surface area contributed by atoms with Gasteiger partial charge in [0.25, 0.3) is 5.91 Å². The van der Waals surface area contributed by atoms with Gasteiger partial charge in [0.1, 0.15) is 12.5 Å². The molecule has 214 valence electrons. The Morgan fingerprint density at radius 1 is 1.15 bits per heavy atom. The minimum Gasteiger partial charge on any atom is -0.790 e. The lowest BCUT2D eigenvalue weighted by molar-refractivity contribution is -0.341. The molecule has 0 N–H and O–H groups in total. The fourth-order valence-electron chi connectivity index (χ4n) is 3.52. The number of rotatable bonds is 10. The fourth-order valence-corrected chi connectivity index (χ4v) is 3.70. The van der Waals surface area contributed by atoms with Gasteiger partial charge in [0, 0.05) is 26.8 Å². The summed E-state index contributed by atoms with van der Waals surface area (Å²) in [5.74, 6) is -5.30. The van der Waals surface area contributed by atoms with E-state index in [1.54, 1.807) is 0 Å². The van der Waals surface area contributed by atoms with Crippen LogP contribution in [0.1, 0.15) is 50.2 Å². The number of aromatic nitrogens is 3. The zero-order valence-corrected chi connectivity index (χ0v) is 21.8. The number of ether oxygens (including phenoxy) is 4. The minimum absolute atomic E-state index is 0.0116.